The Bertz CT molecular complexity index is 606. The summed E-state index contributed by atoms with van der Waals surface area (Å²) in [7, 11) is 1.62. The average Bonchev–Trinajstić information content (AvgIpc) is 2.49. The Hall–Kier alpha value is -1.34. The van der Waals surface area contributed by atoms with Gasteiger partial charge in [-0.05, 0) is 50.9 Å². The summed E-state index contributed by atoms with van der Waals surface area (Å²) in [5.74, 6) is 2.21. The third kappa shape index (κ3) is 4.31. The number of nitrogens with one attached hydrogen (secondary N) is 1. The van der Waals surface area contributed by atoms with E-state index in [-0.39, 0.29) is 0 Å². The lowest BCUT2D eigenvalue weighted by Gasteiger charge is -2.11. The summed E-state index contributed by atoms with van der Waals surface area (Å²) < 4.78 is 12.6. The smallest absolute Gasteiger partial charge is 0.144 e. The Morgan fingerprint density at radius 1 is 1.10 bits per heavy atom. The van der Waals surface area contributed by atoms with E-state index in [9.17, 15) is 0 Å². The van der Waals surface area contributed by atoms with Crippen LogP contribution in [0.25, 0.3) is 0 Å². The first-order chi connectivity index (χ1) is 10.1. The largest absolute Gasteiger partial charge is 0.496 e. The summed E-state index contributed by atoms with van der Waals surface area (Å²) >= 11 is 6.89. The quantitative estimate of drug-likeness (QED) is 0.770. The van der Waals surface area contributed by atoms with Gasteiger partial charge in [0.1, 0.15) is 23.9 Å². The standard InChI is InChI=1S/C14H15Br2N3O2/c1-3-17-14-7-18-9(6-19-14)8-21-13-5-10(15)12(20-2)4-11(13)16/h4-7H,3,8H2,1-2H3,(H,17,19). The minimum atomic E-state index is 0.344. The molecular formula is C14H15Br2N3O2. The molecule has 2 aromatic rings. The van der Waals surface area contributed by atoms with Gasteiger partial charge in [-0.15, -0.1) is 0 Å². The molecule has 1 aromatic heterocycles. The molecule has 1 aromatic carbocycles. The normalized spacial score (nSPS) is 10.3. The Morgan fingerprint density at radius 2 is 1.81 bits per heavy atom. The summed E-state index contributed by atoms with van der Waals surface area (Å²) in [6, 6.07) is 3.70. The molecule has 0 aliphatic rings. The zero-order chi connectivity index (χ0) is 15.2. The van der Waals surface area contributed by atoms with E-state index in [1.54, 1.807) is 19.5 Å². The van der Waals surface area contributed by atoms with Gasteiger partial charge in [0.15, 0.2) is 0 Å². The first kappa shape index (κ1) is 16.0. The van der Waals surface area contributed by atoms with Crippen LogP contribution in [0, 0.1) is 0 Å². The lowest BCUT2D eigenvalue weighted by atomic mass is 10.3. The number of hydrogen-bond acceptors (Lipinski definition) is 5. The third-order valence-electron chi connectivity index (χ3n) is 2.65. The van der Waals surface area contributed by atoms with Gasteiger partial charge in [-0.2, -0.15) is 0 Å². The number of halogens is 2. The van der Waals surface area contributed by atoms with Crippen LogP contribution in [-0.4, -0.2) is 23.6 Å². The molecule has 1 N–H and O–H groups in total. The predicted octanol–water partition coefficient (Wildman–Crippen LogP) is 4.02. The second-order valence-corrected chi connectivity index (χ2v) is 5.84. The van der Waals surface area contributed by atoms with Crippen molar-refractivity contribution in [1.82, 2.24) is 9.97 Å². The Labute approximate surface area is 140 Å². The molecule has 0 fully saturated rings. The molecule has 112 valence electrons. The van der Waals surface area contributed by atoms with Crippen molar-refractivity contribution in [2.45, 2.75) is 13.5 Å². The number of hydrogen-bond donors (Lipinski definition) is 1. The maximum atomic E-state index is 5.75. The number of anilines is 1. The minimum Gasteiger partial charge on any atom is -0.496 e. The van der Waals surface area contributed by atoms with Crippen molar-refractivity contribution >= 4 is 37.7 Å². The molecule has 21 heavy (non-hydrogen) atoms. The molecule has 5 nitrogen and oxygen atoms in total. The van der Waals surface area contributed by atoms with Crippen LogP contribution in [0.15, 0.2) is 33.5 Å². The summed E-state index contributed by atoms with van der Waals surface area (Å²) in [5.41, 5.74) is 0.760. The lowest BCUT2D eigenvalue weighted by molar-refractivity contribution is 0.298. The fraction of sp³-hybridized carbons (Fsp3) is 0.286. The molecular weight excluding hydrogens is 402 g/mol. The van der Waals surface area contributed by atoms with Crippen LogP contribution < -0.4 is 14.8 Å². The van der Waals surface area contributed by atoms with E-state index in [1.165, 1.54) is 0 Å². The molecule has 0 spiro atoms. The zero-order valence-electron chi connectivity index (χ0n) is 11.7. The zero-order valence-corrected chi connectivity index (χ0v) is 14.9. The molecule has 1 heterocycles. The van der Waals surface area contributed by atoms with E-state index in [0.29, 0.717) is 12.4 Å². The van der Waals surface area contributed by atoms with Crippen LogP contribution in [0.1, 0.15) is 12.6 Å². The molecule has 0 bridgehead atoms. The number of ether oxygens (including phenoxy) is 2. The topological polar surface area (TPSA) is 56.3 Å². The van der Waals surface area contributed by atoms with Gasteiger partial charge in [-0.3, -0.25) is 4.98 Å². The molecule has 0 amide bonds. The number of aromatic nitrogens is 2. The van der Waals surface area contributed by atoms with Crippen molar-refractivity contribution in [2.75, 3.05) is 19.0 Å². The fourth-order valence-electron chi connectivity index (χ4n) is 1.63. The summed E-state index contributed by atoms with van der Waals surface area (Å²) in [4.78, 5) is 8.55. The van der Waals surface area contributed by atoms with Crippen molar-refractivity contribution in [1.29, 1.82) is 0 Å². The van der Waals surface area contributed by atoms with Gasteiger partial charge in [0, 0.05) is 6.54 Å². The van der Waals surface area contributed by atoms with Crippen molar-refractivity contribution in [3.8, 4) is 11.5 Å². The van der Waals surface area contributed by atoms with Gasteiger partial charge in [-0.25, -0.2) is 4.98 Å². The summed E-state index contributed by atoms with van der Waals surface area (Å²) in [6.45, 7) is 3.17. The highest BCUT2D eigenvalue weighted by molar-refractivity contribution is 9.11. The van der Waals surface area contributed by atoms with E-state index < -0.39 is 0 Å². The maximum absolute atomic E-state index is 5.75. The van der Waals surface area contributed by atoms with E-state index >= 15 is 0 Å². The first-order valence-corrected chi connectivity index (χ1v) is 7.93. The van der Waals surface area contributed by atoms with Gasteiger partial charge in [0.25, 0.3) is 0 Å². The molecule has 0 aliphatic heterocycles. The van der Waals surface area contributed by atoms with Crippen molar-refractivity contribution in [2.24, 2.45) is 0 Å². The van der Waals surface area contributed by atoms with Crippen LogP contribution in [0.2, 0.25) is 0 Å². The van der Waals surface area contributed by atoms with Crippen LogP contribution in [0.3, 0.4) is 0 Å². The predicted molar refractivity (Wildman–Crippen MR) is 88.9 cm³/mol. The number of benzene rings is 1. The van der Waals surface area contributed by atoms with Crippen LogP contribution >= 0.6 is 31.9 Å². The van der Waals surface area contributed by atoms with E-state index in [0.717, 1.165) is 32.8 Å². The number of rotatable bonds is 6. The second-order valence-electron chi connectivity index (χ2n) is 4.13. The minimum absolute atomic E-state index is 0.344. The van der Waals surface area contributed by atoms with Gasteiger partial charge in [0.2, 0.25) is 0 Å². The number of nitrogens with zero attached hydrogens (tertiary/aromatic N) is 2. The van der Waals surface area contributed by atoms with Gasteiger partial charge < -0.3 is 14.8 Å². The summed E-state index contributed by atoms with van der Waals surface area (Å²) in [6.07, 6.45) is 3.39. The molecule has 0 saturated heterocycles. The van der Waals surface area contributed by atoms with Crippen molar-refractivity contribution in [3.05, 3.63) is 39.2 Å². The average molecular weight is 417 g/mol. The molecule has 0 atom stereocenters. The molecule has 0 aliphatic carbocycles. The van der Waals surface area contributed by atoms with Gasteiger partial charge in [0.05, 0.1) is 34.1 Å². The van der Waals surface area contributed by atoms with Crippen molar-refractivity contribution in [3.63, 3.8) is 0 Å². The Kier molecular flexibility index (Phi) is 5.81. The maximum Gasteiger partial charge on any atom is 0.144 e. The van der Waals surface area contributed by atoms with Crippen molar-refractivity contribution < 1.29 is 9.47 Å². The molecule has 0 radical (unpaired) electrons. The fourth-order valence-corrected chi connectivity index (χ4v) is 2.55. The van der Waals surface area contributed by atoms with Gasteiger partial charge in [-0.1, -0.05) is 0 Å². The lowest BCUT2D eigenvalue weighted by Crippen LogP contribution is -2.03. The van der Waals surface area contributed by atoms with Crippen LogP contribution in [0.5, 0.6) is 11.5 Å². The Balaban J connectivity index is 2.04. The molecule has 7 heteroatoms. The van der Waals surface area contributed by atoms with Crippen LogP contribution in [0.4, 0.5) is 5.82 Å². The number of methoxy groups -OCH3 is 1. The Morgan fingerprint density at radius 3 is 2.43 bits per heavy atom. The molecule has 2 rings (SSSR count). The highest BCUT2D eigenvalue weighted by Gasteiger charge is 2.09. The highest BCUT2D eigenvalue weighted by Crippen LogP contribution is 2.36. The summed E-state index contributed by atoms with van der Waals surface area (Å²) in [5, 5.41) is 3.10. The van der Waals surface area contributed by atoms with E-state index in [2.05, 4.69) is 47.1 Å². The second kappa shape index (κ2) is 7.61. The SMILES string of the molecule is CCNc1cnc(COc2cc(Br)c(OC)cc2Br)cn1. The first-order valence-electron chi connectivity index (χ1n) is 6.34. The molecule has 0 saturated carbocycles. The van der Waals surface area contributed by atoms with E-state index in [1.807, 2.05) is 19.1 Å². The van der Waals surface area contributed by atoms with Gasteiger partial charge >= 0.3 is 0 Å². The molecule has 0 unspecified atom stereocenters. The highest BCUT2D eigenvalue weighted by atomic mass is 79.9. The third-order valence-corrected chi connectivity index (χ3v) is 3.88. The van der Waals surface area contributed by atoms with Crippen LogP contribution in [-0.2, 0) is 6.61 Å². The monoisotopic (exact) mass is 415 g/mol. The van der Waals surface area contributed by atoms with E-state index in [4.69, 9.17) is 9.47 Å².